The summed E-state index contributed by atoms with van der Waals surface area (Å²) in [6, 6.07) is 18.5. The molecular weight excluding hydrogens is 200 g/mol. The van der Waals surface area contributed by atoms with E-state index in [1.807, 2.05) is 48.5 Å². The Morgan fingerprint density at radius 1 is 0.875 bits per heavy atom. The van der Waals surface area contributed by atoms with E-state index in [-0.39, 0.29) is 0 Å². The minimum absolute atomic E-state index is 0.646. The van der Waals surface area contributed by atoms with Crippen molar-refractivity contribution in [1.82, 2.24) is 0 Å². The molecule has 0 saturated heterocycles. The Labute approximate surface area is 94.3 Å². The van der Waals surface area contributed by atoms with E-state index in [2.05, 4.69) is 4.99 Å². The van der Waals surface area contributed by atoms with Gasteiger partial charge >= 0.3 is 0 Å². The SMILES string of the molecule is Nc1ccccc1.O=C=Nc1ccccc1. The van der Waals surface area contributed by atoms with Crippen molar-refractivity contribution in [3.05, 3.63) is 60.7 Å². The van der Waals surface area contributed by atoms with E-state index in [0.29, 0.717) is 5.69 Å². The van der Waals surface area contributed by atoms with Gasteiger partial charge in [0.15, 0.2) is 0 Å². The van der Waals surface area contributed by atoms with Crippen molar-refractivity contribution in [3.63, 3.8) is 0 Å². The minimum atomic E-state index is 0.646. The Hall–Kier alpha value is -2.38. The van der Waals surface area contributed by atoms with Crippen LogP contribution in [0.25, 0.3) is 0 Å². The van der Waals surface area contributed by atoms with Gasteiger partial charge < -0.3 is 5.73 Å². The van der Waals surface area contributed by atoms with Crippen LogP contribution >= 0.6 is 0 Å². The van der Waals surface area contributed by atoms with Crippen LogP contribution in [0, 0.1) is 0 Å². The van der Waals surface area contributed by atoms with Gasteiger partial charge in [0.25, 0.3) is 0 Å². The molecule has 0 aliphatic rings. The number of nitrogens with zero attached hydrogens (tertiary/aromatic N) is 1. The lowest BCUT2D eigenvalue weighted by atomic mass is 10.3. The largest absolute Gasteiger partial charge is 0.399 e. The number of nitrogens with two attached hydrogens (primary N) is 1. The summed E-state index contributed by atoms with van der Waals surface area (Å²) in [6.07, 6.45) is 1.46. The minimum Gasteiger partial charge on any atom is -0.399 e. The normalized spacial score (nSPS) is 8.25. The van der Waals surface area contributed by atoms with Crippen molar-refractivity contribution in [2.24, 2.45) is 4.99 Å². The summed E-state index contributed by atoms with van der Waals surface area (Å²) >= 11 is 0. The number of aliphatic imine (C=N–C) groups is 1. The number of hydrogen-bond acceptors (Lipinski definition) is 3. The Balaban J connectivity index is 0.000000165. The first-order valence-electron chi connectivity index (χ1n) is 4.76. The standard InChI is InChI=1S/C7H5NO.C6H7N/c9-6-8-7-4-2-1-3-5-7;7-6-4-2-1-3-5-6/h1-5H;1-5H,7H2. The summed E-state index contributed by atoms with van der Waals surface area (Å²) in [5.41, 5.74) is 6.83. The molecule has 0 aliphatic carbocycles. The highest BCUT2D eigenvalue weighted by molar-refractivity contribution is 5.47. The van der Waals surface area contributed by atoms with Crippen LogP contribution in [0.2, 0.25) is 0 Å². The fourth-order valence-corrected chi connectivity index (χ4v) is 1.01. The summed E-state index contributed by atoms with van der Waals surface area (Å²) < 4.78 is 0. The molecule has 3 heteroatoms. The van der Waals surface area contributed by atoms with Gasteiger partial charge in [0, 0.05) is 5.69 Å². The maximum atomic E-state index is 9.68. The zero-order chi connectivity index (χ0) is 11.6. The third-order valence-corrected chi connectivity index (χ3v) is 1.73. The molecule has 80 valence electrons. The Kier molecular flexibility index (Phi) is 5.10. The summed E-state index contributed by atoms with van der Waals surface area (Å²) in [5.74, 6) is 0. The quantitative estimate of drug-likeness (QED) is 0.449. The third kappa shape index (κ3) is 4.74. The number of carbonyl (C=O) groups excluding carboxylic acids is 1. The molecule has 0 bridgehead atoms. The van der Waals surface area contributed by atoms with Gasteiger partial charge in [-0.05, 0) is 24.3 Å². The number of nitrogen functional groups attached to an aromatic ring is 1. The molecule has 0 aliphatic heterocycles. The second kappa shape index (κ2) is 6.98. The lowest BCUT2D eigenvalue weighted by Gasteiger charge is -1.83. The van der Waals surface area contributed by atoms with Crippen LogP contribution in [0.5, 0.6) is 0 Å². The molecule has 0 aromatic heterocycles. The first-order valence-corrected chi connectivity index (χ1v) is 4.76. The molecule has 0 heterocycles. The predicted molar refractivity (Wildman–Crippen MR) is 65.1 cm³/mol. The average Bonchev–Trinajstić information content (AvgIpc) is 2.33. The number of anilines is 1. The van der Waals surface area contributed by atoms with Crippen LogP contribution in [-0.4, -0.2) is 6.08 Å². The number of para-hydroxylation sites is 2. The maximum absolute atomic E-state index is 9.68. The van der Waals surface area contributed by atoms with Gasteiger partial charge in [-0.15, -0.1) is 0 Å². The molecule has 0 amide bonds. The molecule has 16 heavy (non-hydrogen) atoms. The van der Waals surface area contributed by atoms with Crippen LogP contribution in [0.4, 0.5) is 11.4 Å². The van der Waals surface area contributed by atoms with Gasteiger partial charge in [-0.2, -0.15) is 4.99 Å². The topological polar surface area (TPSA) is 55.5 Å². The molecular formula is C13H12N2O. The van der Waals surface area contributed by atoms with Gasteiger partial charge in [0.1, 0.15) is 0 Å². The smallest absolute Gasteiger partial charge is 0.240 e. The summed E-state index contributed by atoms with van der Waals surface area (Å²) in [4.78, 5) is 13.1. The van der Waals surface area contributed by atoms with Crippen LogP contribution in [-0.2, 0) is 4.79 Å². The van der Waals surface area contributed by atoms with Crippen molar-refractivity contribution in [2.45, 2.75) is 0 Å². The van der Waals surface area contributed by atoms with Crippen molar-refractivity contribution >= 4 is 17.5 Å². The summed E-state index contributed by atoms with van der Waals surface area (Å²) in [6.45, 7) is 0. The fourth-order valence-electron chi connectivity index (χ4n) is 1.01. The van der Waals surface area contributed by atoms with Crippen LogP contribution in [0.15, 0.2) is 65.7 Å². The maximum Gasteiger partial charge on any atom is 0.240 e. The fraction of sp³-hybridized carbons (Fsp3) is 0. The van der Waals surface area contributed by atoms with E-state index in [0.717, 1.165) is 5.69 Å². The van der Waals surface area contributed by atoms with Gasteiger partial charge in [-0.1, -0.05) is 36.4 Å². The summed E-state index contributed by atoms with van der Waals surface area (Å²) in [7, 11) is 0. The van der Waals surface area contributed by atoms with Crippen molar-refractivity contribution < 1.29 is 4.79 Å². The zero-order valence-electron chi connectivity index (χ0n) is 8.71. The molecule has 0 spiro atoms. The van der Waals surface area contributed by atoms with Crippen molar-refractivity contribution in [2.75, 3.05) is 5.73 Å². The molecule has 2 N–H and O–H groups in total. The molecule has 3 nitrogen and oxygen atoms in total. The number of benzene rings is 2. The Bertz CT molecular complexity index is 448. The van der Waals surface area contributed by atoms with E-state index in [1.165, 1.54) is 6.08 Å². The lowest BCUT2D eigenvalue weighted by molar-refractivity contribution is 0.565. The third-order valence-electron chi connectivity index (χ3n) is 1.73. The second-order valence-corrected chi connectivity index (χ2v) is 2.95. The first kappa shape index (κ1) is 11.7. The predicted octanol–water partition coefficient (Wildman–Crippen LogP) is 2.92. The molecule has 0 fully saturated rings. The second-order valence-electron chi connectivity index (χ2n) is 2.95. The highest BCUT2D eigenvalue weighted by Gasteiger charge is 1.80. The van der Waals surface area contributed by atoms with E-state index in [9.17, 15) is 4.79 Å². The van der Waals surface area contributed by atoms with Gasteiger partial charge in [-0.25, -0.2) is 4.79 Å². The van der Waals surface area contributed by atoms with Crippen molar-refractivity contribution in [3.8, 4) is 0 Å². The molecule has 0 unspecified atom stereocenters. The number of rotatable bonds is 1. The first-order chi connectivity index (χ1) is 7.83. The molecule has 0 radical (unpaired) electrons. The highest BCUT2D eigenvalue weighted by atomic mass is 16.1. The Morgan fingerprint density at radius 2 is 1.38 bits per heavy atom. The van der Waals surface area contributed by atoms with Crippen LogP contribution in [0.3, 0.4) is 0 Å². The number of isocyanates is 1. The van der Waals surface area contributed by atoms with Gasteiger partial charge in [-0.3, -0.25) is 0 Å². The van der Waals surface area contributed by atoms with Crippen molar-refractivity contribution in [1.29, 1.82) is 0 Å². The lowest BCUT2D eigenvalue weighted by Crippen LogP contribution is -1.79. The molecule has 0 saturated carbocycles. The number of hydrogen-bond donors (Lipinski definition) is 1. The van der Waals surface area contributed by atoms with Gasteiger partial charge in [0.2, 0.25) is 6.08 Å². The van der Waals surface area contributed by atoms with E-state index in [4.69, 9.17) is 5.73 Å². The van der Waals surface area contributed by atoms with E-state index < -0.39 is 0 Å². The monoisotopic (exact) mass is 212 g/mol. The molecule has 2 rings (SSSR count). The molecule has 2 aromatic carbocycles. The average molecular weight is 212 g/mol. The molecule has 0 atom stereocenters. The van der Waals surface area contributed by atoms with E-state index in [1.54, 1.807) is 12.1 Å². The van der Waals surface area contributed by atoms with E-state index >= 15 is 0 Å². The summed E-state index contributed by atoms with van der Waals surface area (Å²) in [5, 5.41) is 0. The van der Waals surface area contributed by atoms with Crippen LogP contribution in [0.1, 0.15) is 0 Å². The Morgan fingerprint density at radius 3 is 1.75 bits per heavy atom. The zero-order valence-corrected chi connectivity index (χ0v) is 8.71. The van der Waals surface area contributed by atoms with Gasteiger partial charge in [0.05, 0.1) is 5.69 Å². The molecule has 2 aromatic rings. The van der Waals surface area contributed by atoms with Crippen LogP contribution < -0.4 is 5.73 Å². The highest BCUT2D eigenvalue weighted by Crippen LogP contribution is 2.07.